The van der Waals surface area contributed by atoms with Crippen LogP contribution in [0.3, 0.4) is 0 Å². The normalized spacial score (nSPS) is 20.7. The number of ether oxygens (including phenoxy) is 1. The standard InChI is InChI=1S/C14H24N4O/c1-2-19-14(7-5-3-4-6-8-14)13(18-15)12-9-16-11-17-10-12/h9-11,13,18H,2-8,15H2,1H3. The van der Waals surface area contributed by atoms with Crippen LogP contribution < -0.4 is 11.3 Å². The summed E-state index contributed by atoms with van der Waals surface area (Å²) in [4.78, 5) is 8.20. The van der Waals surface area contributed by atoms with Gasteiger partial charge in [-0.2, -0.15) is 0 Å². The second-order valence-corrected chi connectivity index (χ2v) is 5.18. The molecule has 0 spiro atoms. The Balaban J connectivity index is 2.29. The maximum atomic E-state index is 6.16. The van der Waals surface area contributed by atoms with E-state index in [-0.39, 0.29) is 11.6 Å². The fourth-order valence-electron chi connectivity index (χ4n) is 3.14. The van der Waals surface area contributed by atoms with E-state index in [0.717, 1.165) is 18.4 Å². The van der Waals surface area contributed by atoms with Gasteiger partial charge in [-0.1, -0.05) is 25.7 Å². The van der Waals surface area contributed by atoms with Crippen LogP contribution in [-0.2, 0) is 4.74 Å². The highest BCUT2D eigenvalue weighted by Gasteiger charge is 2.40. The molecule has 1 aliphatic rings. The van der Waals surface area contributed by atoms with Crippen molar-refractivity contribution in [1.82, 2.24) is 15.4 Å². The van der Waals surface area contributed by atoms with Gasteiger partial charge in [0, 0.05) is 24.6 Å². The zero-order valence-electron chi connectivity index (χ0n) is 11.6. The van der Waals surface area contributed by atoms with Crippen molar-refractivity contribution in [2.75, 3.05) is 6.61 Å². The molecule has 5 nitrogen and oxygen atoms in total. The second kappa shape index (κ2) is 6.93. The molecule has 1 fully saturated rings. The van der Waals surface area contributed by atoms with Crippen LogP contribution >= 0.6 is 0 Å². The lowest BCUT2D eigenvalue weighted by atomic mass is 9.83. The van der Waals surface area contributed by atoms with Gasteiger partial charge in [0.1, 0.15) is 6.33 Å². The molecule has 1 heterocycles. The number of hydrogen-bond donors (Lipinski definition) is 2. The molecule has 0 radical (unpaired) electrons. The summed E-state index contributed by atoms with van der Waals surface area (Å²) in [6.45, 7) is 2.74. The minimum absolute atomic E-state index is 0.0493. The van der Waals surface area contributed by atoms with Gasteiger partial charge < -0.3 is 4.74 Å². The highest BCUT2D eigenvalue weighted by atomic mass is 16.5. The van der Waals surface area contributed by atoms with E-state index in [1.807, 2.05) is 19.3 Å². The van der Waals surface area contributed by atoms with Gasteiger partial charge in [0.25, 0.3) is 0 Å². The van der Waals surface area contributed by atoms with Gasteiger partial charge in [0.15, 0.2) is 0 Å². The number of nitrogens with two attached hydrogens (primary N) is 1. The first-order valence-electron chi connectivity index (χ1n) is 7.17. The number of hydrogen-bond acceptors (Lipinski definition) is 5. The molecule has 5 heteroatoms. The molecule has 0 saturated heterocycles. The van der Waals surface area contributed by atoms with Crippen molar-refractivity contribution in [3.63, 3.8) is 0 Å². The molecule has 0 amide bonds. The zero-order chi connectivity index (χ0) is 13.6. The third-order valence-electron chi connectivity index (χ3n) is 3.99. The van der Waals surface area contributed by atoms with Crippen LogP contribution in [0, 0.1) is 0 Å². The molecule has 1 saturated carbocycles. The fraction of sp³-hybridized carbons (Fsp3) is 0.714. The van der Waals surface area contributed by atoms with E-state index in [1.165, 1.54) is 32.0 Å². The van der Waals surface area contributed by atoms with E-state index in [0.29, 0.717) is 6.61 Å². The molecule has 1 atom stereocenters. The van der Waals surface area contributed by atoms with Crippen molar-refractivity contribution in [3.8, 4) is 0 Å². The third kappa shape index (κ3) is 3.29. The van der Waals surface area contributed by atoms with E-state index < -0.39 is 0 Å². The largest absolute Gasteiger partial charge is 0.373 e. The summed E-state index contributed by atoms with van der Waals surface area (Å²) in [5.74, 6) is 5.82. The van der Waals surface area contributed by atoms with Crippen molar-refractivity contribution < 1.29 is 4.74 Å². The first-order chi connectivity index (χ1) is 9.32. The Kier molecular flexibility index (Phi) is 5.24. The van der Waals surface area contributed by atoms with Crippen LogP contribution in [0.5, 0.6) is 0 Å². The predicted octanol–water partition coefficient (Wildman–Crippen LogP) is 2.11. The minimum Gasteiger partial charge on any atom is -0.373 e. The topological polar surface area (TPSA) is 73.1 Å². The van der Waals surface area contributed by atoms with E-state index >= 15 is 0 Å². The Bertz CT molecular complexity index is 363. The number of hydrazine groups is 1. The fourth-order valence-corrected chi connectivity index (χ4v) is 3.14. The molecular weight excluding hydrogens is 240 g/mol. The molecule has 19 heavy (non-hydrogen) atoms. The lowest BCUT2D eigenvalue weighted by molar-refractivity contribution is -0.0784. The summed E-state index contributed by atoms with van der Waals surface area (Å²) in [5, 5.41) is 0. The van der Waals surface area contributed by atoms with Crippen LogP contribution in [0.15, 0.2) is 18.7 Å². The molecule has 0 aliphatic heterocycles. The van der Waals surface area contributed by atoms with Gasteiger partial charge in [0.2, 0.25) is 0 Å². The van der Waals surface area contributed by atoms with Gasteiger partial charge in [-0.15, -0.1) is 0 Å². The first kappa shape index (κ1) is 14.4. The lowest BCUT2D eigenvalue weighted by Gasteiger charge is -2.39. The number of rotatable bonds is 5. The molecule has 2 rings (SSSR count). The predicted molar refractivity (Wildman–Crippen MR) is 74.2 cm³/mol. The summed E-state index contributed by atoms with van der Waals surface area (Å²) in [7, 11) is 0. The van der Waals surface area contributed by atoms with E-state index in [4.69, 9.17) is 10.6 Å². The Morgan fingerprint density at radius 3 is 2.42 bits per heavy atom. The van der Waals surface area contributed by atoms with Crippen LogP contribution in [0.4, 0.5) is 0 Å². The molecule has 3 N–H and O–H groups in total. The average Bonchev–Trinajstić information content (AvgIpc) is 2.68. The third-order valence-corrected chi connectivity index (χ3v) is 3.99. The molecular formula is C14H24N4O. The van der Waals surface area contributed by atoms with Crippen LogP contribution in [0.1, 0.15) is 57.1 Å². The second-order valence-electron chi connectivity index (χ2n) is 5.18. The summed E-state index contributed by atoms with van der Waals surface area (Å²) >= 11 is 0. The SMILES string of the molecule is CCOC1(C(NN)c2cncnc2)CCCCCC1. The molecule has 1 aromatic rings. The van der Waals surface area contributed by atoms with Crippen molar-refractivity contribution in [2.24, 2.45) is 5.84 Å². The maximum Gasteiger partial charge on any atom is 0.115 e. The average molecular weight is 264 g/mol. The van der Waals surface area contributed by atoms with E-state index in [2.05, 4.69) is 15.4 Å². The highest BCUT2D eigenvalue weighted by Crippen LogP contribution is 2.39. The number of nitrogens with zero attached hydrogens (tertiary/aromatic N) is 2. The van der Waals surface area contributed by atoms with Gasteiger partial charge >= 0.3 is 0 Å². The molecule has 1 unspecified atom stereocenters. The Hall–Kier alpha value is -1.04. The smallest absolute Gasteiger partial charge is 0.115 e. The summed E-state index contributed by atoms with van der Waals surface area (Å²) in [6, 6.07) is -0.0493. The number of aromatic nitrogens is 2. The van der Waals surface area contributed by atoms with Crippen molar-refractivity contribution in [1.29, 1.82) is 0 Å². The summed E-state index contributed by atoms with van der Waals surface area (Å²) in [6.07, 6.45) is 12.2. The molecule has 1 aromatic heterocycles. The number of nitrogens with one attached hydrogen (secondary N) is 1. The Morgan fingerprint density at radius 2 is 1.89 bits per heavy atom. The van der Waals surface area contributed by atoms with Gasteiger partial charge in [-0.05, 0) is 19.8 Å². The van der Waals surface area contributed by atoms with Crippen LogP contribution in [0.25, 0.3) is 0 Å². The Morgan fingerprint density at radius 1 is 1.26 bits per heavy atom. The molecule has 0 bridgehead atoms. The molecule has 0 aromatic carbocycles. The van der Waals surface area contributed by atoms with Gasteiger partial charge in [-0.3, -0.25) is 5.84 Å². The zero-order valence-corrected chi connectivity index (χ0v) is 11.6. The highest BCUT2D eigenvalue weighted by molar-refractivity contribution is 5.15. The maximum absolute atomic E-state index is 6.16. The quantitative estimate of drug-likeness (QED) is 0.484. The van der Waals surface area contributed by atoms with Crippen molar-refractivity contribution in [2.45, 2.75) is 57.1 Å². The summed E-state index contributed by atoms with van der Waals surface area (Å²) in [5.41, 5.74) is 3.71. The van der Waals surface area contributed by atoms with Crippen molar-refractivity contribution in [3.05, 3.63) is 24.3 Å². The first-order valence-corrected chi connectivity index (χ1v) is 7.17. The van der Waals surface area contributed by atoms with Crippen molar-refractivity contribution >= 4 is 0 Å². The minimum atomic E-state index is -0.231. The lowest BCUT2D eigenvalue weighted by Crippen LogP contribution is -2.48. The van der Waals surface area contributed by atoms with Gasteiger partial charge in [-0.25, -0.2) is 15.4 Å². The summed E-state index contributed by atoms with van der Waals surface area (Å²) < 4.78 is 6.16. The monoisotopic (exact) mass is 264 g/mol. The van der Waals surface area contributed by atoms with E-state index in [1.54, 1.807) is 0 Å². The molecule has 106 valence electrons. The van der Waals surface area contributed by atoms with Crippen LogP contribution in [0.2, 0.25) is 0 Å². The van der Waals surface area contributed by atoms with E-state index in [9.17, 15) is 0 Å². The molecule has 1 aliphatic carbocycles. The van der Waals surface area contributed by atoms with Gasteiger partial charge in [0.05, 0.1) is 11.6 Å². The van der Waals surface area contributed by atoms with Crippen LogP contribution in [-0.4, -0.2) is 22.2 Å². The Labute approximate surface area is 114 Å².